The van der Waals surface area contributed by atoms with Crippen LogP contribution in [0.5, 0.6) is 5.75 Å². The summed E-state index contributed by atoms with van der Waals surface area (Å²) in [6, 6.07) is 7.83. The summed E-state index contributed by atoms with van der Waals surface area (Å²) in [6.45, 7) is 2.72. The van der Waals surface area contributed by atoms with Gasteiger partial charge in [0.25, 0.3) is 0 Å². The monoisotopic (exact) mass is 332 g/mol. The Morgan fingerprint density at radius 1 is 1.17 bits per heavy atom. The third kappa shape index (κ3) is 5.55. The third-order valence-corrected chi connectivity index (χ3v) is 4.62. The summed E-state index contributed by atoms with van der Waals surface area (Å²) in [6.07, 6.45) is 6.16. The summed E-state index contributed by atoms with van der Waals surface area (Å²) in [7, 11) is 1.62. The Morgan fingerprint density at radius 2 is 1.83 bits per heavy atom. The lowest BCUT2D eigenvalue weighted by Crippen LogP contribution is -2.44. The van der Waals surface area contributed by atoms with E-state index in [9.17, 15) is 9.59 Å². The van der Waals surface area contributed by atoms with E-state index in [0.717, 1.165) is 24.2 Å². The second-order valence-electron chi connectivity index (χ2n) is 6.38. The van der Waals surface area contributed by atoms with E-state index in [4.69, 9.17) is 4.74 Å². The fourth-order valence-corrected chi connectivity index (χ4v) is 3.30. The average molecular weight is 332 g/mol. The molecule has 0 bridgehead atoms. The number of nitrogens with one attached hydrogen (secondary N) is 1. The Bertz CT molecular complexity index is 536. The summed E-state index contributed by atoms with van der Waals surface area (Å²) in [5.41, 5.74) is 0.948. The van der Waals surface area contributed by atoms with Crippen LogP contribution in [0.2, 0.25) is 0 Å². The maximum absolute atomic E-state index is 12.0. The number of rotatable bonds is 7. The number of benzene rings is 1. The molecule has 0 aromatic heterocycles. The Morgan fingerprint density at radius 3 is 2.42 bits per heavy atom. The van der Waals surface area contributed by atoms with Crippen LogP contribution >= 0.6 is 0 Å². The SMILES string of the molecule is COc1ccc(CC(=O)NCCN(C(C)=O)C2CCCCC2)cc1. The van der Waals surface area contributed by atoms with Crippen molar-refractivity contribution in [2.45, 2.75) is 51.5 Å². The maximum Gasteiger partial charge on any atom is 0.224 e. The summed E-state index contributed by atoms with van der Waals surface area (Å²) in [5, 5.41) is 2.92. The molecule has 1 aromatic rings. The number of carbonyl (C=O) groups is 2. The molecule has 2 amide bonds. The van der Waals surface area contributed by atoms with Crippen LogP contribution in [-0.4, -0.2) is 43.0 Å². The highest BCUT2D eigenvalue weighted by molar-refractivity contribution is 5.78. The van der Waals surface area contributed by atoms with Crippen molar-refractivity contribution in [3.8, 4) is 5.75 Å². The standard InChI is InChI=1S/C19H28N2O3/c1-15(22)21(17-6-4-3-5-7-17)13-12-20-19(23)14-16-8-10-18(24-2)11-9-16/h8-11,17H,3-7,12-14H2,1-2H3,(H,20,23). The maximum atomic E-state index is 12.0. The minimum atomic E-state index is -0.0210. The van der Waals surface area contributed by atoms with Crippen molar-refractivity contribution in [2.75, 3.05) is 20.2 Å². The number of methoxy groups -OCH3 is 1. The fraction of sp³-hybridized carbons (Fsp3) is 0.579. The molecule has 1 aliphatic carbocycles. The van der Waals surface area contributed by atoms with Gasteiger partial charge in [0.1, 0.15) is 5.75 Å². The van der Waals surface area contributed by atoms with Crippen molar-refractivity contribution in [1.82, 2.24) is 10.2 Å². The summed E-state index contributed by atoms with van der Waals surface area (Å²) in [4.78, 5) is 25.8. The van der Waals surface area contributed by atoms with Crippen LogP contribution in [0.4, 0.5) is 0 Å². The topological polar surface area (TPSA) is 58.6 Å². The number of hydrogen-bond donors (Lipinski definition) is 1. The molecular weight excluding hydrogens is 304 g/mol. The number of ether oxygens (including phenoxy) is 1. The van der Waals surface area contributed by atoms with Gasteiger partial charge in [-0.1, -0.05) is 31.4 Å². The van der Waals surface area contributed by atoms with E-state index in [2.05, 4.69) is 5.32 Å². The van der Waals surface area contributed by atoms with Gasteiger partial charge < -0.3 is 15.0 Å². The van der Waals surface area contributed by atoms with Gasteiger partial charge in [-0.2, -0.15) is 0 Å². The molecule has 2 rings (SSSR count). The Hall–Kier alpha value is -2.04. The zero-order chi connectivity index (χ0) is 17.4. The highest BCUT2D eigenvalue weighted by atomic mass is 16.5. The van der Waals surface area contributed by atoms with Gasteiger partial charge in [-0.25, -0.2) is 0 Å². The first-order valence-electron chi connectivity index (χ1n) is 8.77. The zero-order valence-electron chi connectivity index (χ0n) is 14.7. The third-order valence-electron chi connectivity index (χ3n) is 4.62. The van der Waals surface area contributed by atoms with Crippen molar-refractivity contribution in [3.63, 3.8) is 0 Å². The lowest BCUT2D eigenvalue weighted by Gasteiger charge is -2.33. The van der Waals surface area contributed by atoms with Gasteiger partial charge in [-0.3, -0.25) is 9.59 Å². The zero-order valence-corrected chi connectivity index (χ0v) is 14.7. The Kier molecular flexibility index (Phi) is 7.09. The van der Waals surface area contributed by atoms with Gasteiger partial charge in [0.2, 0.25) is 11.8 Å². The van der Waals surface area contributed by atoms with Crippen molar-refractivity contribution < 1.29 is 14.3 Å². The highest BCUT2D eigenvalue weighted by Gasteiger charge is 2.22. The number of hydrogen-bond acceptors (Lipinski definition) is 3. The van der Waals surface area contributed by atoms with Crippen molar-refractivity contribution >= 4 is 11.8 Å². The molecule has 1 aromatic carbocycles. The molecule has 1 N–H and O–H groups in total. The average Bonchev–Trinajstić information content (AvgIpc) is 2.60. The lowest BCUT2D eigenvalue weighted by atomic mass is 9.94. The van der Waals surface area contributed by atoms with Crippen LogP contribution in [0.15, 0.2) is 24.3 Å². The predicted octanol–water partition coefficient (Wildman–Crippen LogP) is 2.54. The molecule has 5 nitrogen and oxygen atoms in total. The fourth-order valence-electron chi connectivity index (χ4n) is 3.30. The van der Waals surface area contributed by atoms with Gasteiger partial charge in [-0.15, -0.1) is 0 Å². The van der Waals surface area contributed by atoms with Crippen molar-refractivity contribution in [3.05, 3.63) is 29.8 Å². The van der Waals surface area contributed by atoms with Crippen LogP contribution in [0.1, 0.15) is 44.6 Å². The molecule has 5 heteroatoms. The molecule has 1 saturated carbocycles. The second kappa shape index (κ2) is 9.30. The molecule has 0 unspecified atom stereocenters. The Balaban J connectivity index is 1.76. The Labute approximate surface area is 144 Å². The quantitative estimate of drug-likeness (QED) is 0.835. The first kappa shape index (κ1) is 18.3. The lowest BCUT2D eigenvalue weighted by molar-refractivity contribution is -0.132. The van der Waals surface area contributed by atoms with Crippen LogP contribution in [-0.2, 0) is 16.0 Å². The molecule has 0 spiro atoms. The van der Waals surface area contributed by atoms with E-state index < -0.39 is 0 Å². The molecule has 1 fully saturated rings. The van der Waals surface area contributed by atoms with Crippen LogP contribution in [0, 0.1) is 0 Å². The number of carbonyl (C=O) groups excluding carboxylic acids is 2. The van der Waals surface area contributed by atoms with Gasteiger partial charge in [0, 0.05) is 26.1 Å². The van der Waals surface area contributed by atoms with Gasteiger partial charge in [0.15, 0.2) is 0 Å². The van der Waals surface area contributed by atoms with E-state index in [1.807, 2.05) is 29.2 Å². The molecule has 1 aliphatic rings. The van der Waals surface area contributed by atoms with Crippen molar-refractivity contribution in [1.29, 1.82) is 0 Å². The molecule has 0 radical (unpaired) electrons. The van der Waals surface area contributed by atoms with E-state index >= 15 is 0 Å². The van der Waals surface area contributed by atoms with E-state index in [0.29, 0.717) is 25.6 Å². The summed E-state index contributed by atoms with van der Waals surface area (Å²) in [5.74, 6) is 0.863. The first-order chi connectivity index (χ1) is 11.6. The van der Waals surface area contributed by atoms with E-state index in [1.165, 1.54) is 19.3 Å². The van der Waals surface area contributed by atoms with E-state index in [-0.39, 0.29) is 11.8 Å². The smallest absolute Gasteiger partial charge is 0.224 e. The highest BCUT2D eigenvalue weighted by Crippen LogP contribution is 2.22. The van der Waals surface area contributed by atoms with Crippen LogP contribution < -0.4 is 10.1 Å². The molecular formula is C19H28N2O3. The number of amides is 2. The minimum Gasteiger partial charge on any atom is -0.497 e. The molecule has 0 atom stereocenters. The number of nitrogens with zero attached hydrogens (tertiary/aromatic N) is 1. The minimum absolute atomic E-state index is 0.0210. The summed E-state index contributed by atoms with van der Waals surface area (Å²) >= 11 is 0. The van der Waals surface area contributed by atoms with Crippen LogP contribution in [0.3, 0.4) is 0 Å². The summed E-state index contributed by atoms with van der Waals surface area (Å²) < 4.78 is 5.11. The predicted molar refractivity (Wildman–Crippen MR) is 94.0 cm³/mol. The normalized spacial score (nSPS) is 14.9. The molecule has 0 aliphatic heterocycles. The van der Waals surface area contributed by atoms with Gasteiger partial charge >= 0.3 is 0 Å². The molecule has 132 valence electrons. The largest absolute Gasteiger partial charge is 0.497 e. The first-order valence-corrected chi connectivity index (χ1v) is 8.77. The molecule has 0 heterocycles. The second-order valence-corrected chi connectivity index (χ2v) is 6.38. The van der Waals surface area contributed by atoms with Crippen LogP contribution in [0.25, 0.3) is 0 Å². The molecule has 0 saturated heterocycles. The van der Waals surface area contributed by atoms with Gasteiger partial charge in [0.05, 0.1) is 13.5 Å². The van der Waals surface area contributed by atoms with Gasteiger partial charge in [-0.05, 0) is 30.5 Å². The molecule has 24 heavy (non-hydrogen) atoms. The van der Waals surface area contributed by atoms with E-state index in [1.54, 1.807) is 14.0 Å². The van der Waals surface area contributed by atoms with Crippen molar-refractivity contribution in [2.24, 2.45) is 0 Å².